The van der Waals surface area contributed by atoms with Gasteiger partial charge in [0.25, 0.3) is 0 Å². The number of Topliss-reactive ketones (excluding diaryl/α,β-unsaturated/α-hetero) is 1. The van der Waals surface area contributed by atoms with Crippen molar-refractivity contribution in [3.8, 4) is 10.6 Å². The molecule has 6 heteroatoms. The fourth-order valence-electron chi connectivity index (χ4n) is 3.15. The van der Waals surface area contributed by atoms with Gasteiger partial charge in [0.2, 0.25) is 5.78 Å². The molecule has 1 aliphatic rings. The SMILES string of the molecule is O=C(CN1CCN(Cc2csc(-c3ccccc3)n2)CC1)c1ccco1. The van der Waals surface area contributed by atoms with Crippen molar-refractivity contribution in [2.75, 3.05) is 32.7 Å². The Hall–Kier alpha value is -2.28. The summed E-state index contributed by atoms with van der Waals surface area (Å²) in [5.74, 6) is 0.499. The molecule has 26 heavy (non-hydrogen) atoms. The van der Waals surface area contributed by atoms with E-state index in [4.69, 9.17) is 9.40 Å². The molecule has 3 heterocycles. The quantitative estimate of drug-likeness (QED) is 0.625. The molecule has 3 aromatic rings. The van der Waals surface area contributed by atoms with E-state index in [0.29, 0.717) is 12.3 Å². The van der Waals surface area contributed by atoms with Crippen LogP contribution in [0.4, 0.5) is 0 Å². The van der Waals surface area contributed by atoms with Crippen molar-refractivity contribution in [1.82, 2.24) is 14.8 Å². The first-order chi connectivity index (χ1) is 12.8. The van der Waals surface area contributed by atoms with Gasteiger partial charge in [0.1, 0.15) is 5.01 Å². The summed E-state index contributed by atoms with van der Waals surface area (Å²) >= 11 is 1.70. The van der Waals surface area contributed by atoms with Crippen LogP contribution >= 0.6 is 11.3 Å². The maximum atomic E-state index is 12.1. The maximum Gasteiger partial charge on any atom is 0.211 e. The number of piperazine rings is 1. The predicted molar refractivity (Wildman–Crippen MR) is 102 cm³/mol. The van der Waals surface area contributed by atoms with Crippen LogP contribution in [-0.2, 0) is 6.54 Å². The number of nitrogens with zero attached hydrogens (tertiary/aromatic N) is 3. The van der Waals surface area contributed by atoms with E-state index >= 15 is 0 Å². The number of ketones is 1. The first-order valence-corrected chi connectivity index (χ1v) is 9.67. The average molecular weight is 367 g/mol. The predicted octanol–water partition coefficient (Wildman–Crippen LogP) is 3.40. The van der Waals surface area contributed by atoms with E-state index in [1.807, 2.05) is 18.2 Å². The molecule has 2 aromatic heterocycles. The maximum absolute atomic E-state index is 12.1. The van der Waals surface area contributed by atoms with Crippen molar-refractivity contribution in [2.24, 2.45) is 0 Å². The van der Waals surface area contributed by atoms with Crippen LogP contribution in [0, 0.1) is 0 Å². The standard InChI is InChI=1S/C20H21N3O2S/c24-18(19-7-4-12-25-19)14-23-10-8-22(9-11-23)13-17-15-26-20(21-17)16-5-2-1-3-6-16/h1-7,12,15H,8-11,13-14H2. The van der Waals surface area contributed by atoms with Crippen LogP contribution in [0.3, 0.4) is 0 Å². The molecule has 0 radical (unpaired) electrons. The summed E-state index contributed by atoms with van der Waals surface area (Å²) in [5.41, 5.74) is 2.29. The van der Waals surface area contributed by atoms with Crippen molar-refractivity contribution >= 4 is 17.1 Å². The molecule has 1 aliphatic heterocycles. The highest BCUT2D eigenvalue weighted by molar-refractivity contribution is 7.13. The highest BCUT2D eigenvalue weighted by Crippen LogP contribution is 2.24. The third kappa shape index (κ3) is 4.09. The van der Waals surface area contributed by atoms with Gasteiger partial charge in [0, 0.05) is 43.7 Å². The molecule has 0 unspecified atom stereocenters. The number of rotatable bonds is 6. The van der Waals surface area contributed by atoms with Crippen molar-refractivity contribution in [1.29, 1.82) is 0 Å². The van der Waals surface area contributed by atoms with Crippen molar-refractivity contribution in [2.45, 2.75) is 6.54 Å². The van der Waals surface area contributed by atoms with Crippen LogP contribution in [0.1, 0.15) is 16.2 Å². The van der Waals surface area contributed by atoms with Gasteiger partial charge >= 0.3 is 0 Å². The Morgan fingerprint density at radius 2 is 1.81 bits per heavy atom. The fourth-order valence-corrected chi connectivity index (χ4v) is 3.96. The number of benzene rings is 1. The van der Waals surface area contributed by atoms with E-state index < -0.39 is 0 Å². The van der Waals surface area contributed by atoms with E-state index in [2.05, 4.69) is 27.3 Å². The highest BCUT2D eigenvalue weighted by atomic mass is 32.1. The van der Waals surface area contributed by atoms with Gasteiger partial charge in [0.15, 0.2) is 5.76 Å². The first kappa shape index (κ1) is 17.1. The minimum absolute atomic E-state index is 0.0513. The number of carbonyl (C=O) groups is 1. The first-order valence-electron chi connectivity index (χ1n) is 8.79. The summed E-state index contributed by atoms with van der Waals surface area (Å²) < 4.78 is 5.18. The van der Waals surface area contributed by atoms with E-state index in [0.717, 1.165) is 43.4 Å². The molecule has 4 rings (SSSR count). The smallest absolute Gasteiger partial charge is 0.211 e. The third-order valence-electron chi connectivity index (χ3n) is 4.59. The molecule has 0 amide bonds. The minimum atomic E-state index is 0.0513. The molecule has 5 nitrogen and oxygen atoms in total. The van der Waals surface area contributed by atoms with Gasteiger partial charge in [-0.1, -0.05) is 30.3 Å². The summed E-state index contributed by atoms with van der Waals surface area (Å²) in [6.45, 7) is 4.97. The van der Waals surface area contributed by atoms with Crippen molar-refractivity contribution < 1.29 is 9.21 Å². The lowest BCUT2D eigenvalue weighted by molar-refractivity contribution is 0.0817. The fraction of sp³-hybridized carbons (Fsp3) is 0.300. The van der Waals surface area contributed by atoms with E-state index in [9.17, 15) is 4.79 Å². The zero-order valence-corrected chi connectivity index (χ0v) is 15.3. The van der Waals surface area contributed by atoms with Gasteiger partial charge in [-0.05, 0) is 12.1 Å². The molecule has 0 saturated carbocycles. The van der Waals surface area contributed by atoms with Crippen LogP contribution in [0.2, 0.25) is 0 Å². The summed E-state index contributed by atoms with van der Waals surface area (Å²) in [7, 11) is 0. The molecule has 1 aromatic carbocycles. The number of hydrogen-bond acceptors (Lipinski definition) is 6. The molecular formula is C20H21N3O2S. The van der Waals surface area contributed by atoms with Gasteiger partial charge in [-0.3, -0.25) is 14.6 Å². The monoisotopic (exact) mass is 367 g/mol. The summed E-state index contributed by atoms with van der Waals surface area (Å²) in [4.78, 5) is 21.5. The number of aromatic nitrogens is 1. The third-order valence-corrected chi connectivity index (χ3v) is 5.53. The van der Waals surface area contributed by atoms with Gasteiger partial charge in [0.05, 0.1) is 18.5 Å². The zero-order chi connectivity index (χ0) is 17.8. The topological polar surface area (TPSA) is 49.6 Å². The molecular weight excluding hydrogens is 346 g/mol. The van der Waals surface area contributed by atoms with Crippen molar-refractivity contribution in [3.63, 3.8) is 0 Å². The Bertz CT molecular complexity index is 837. The highest BCUT2D eigenvalue weighted by Gasteiger charge is 2.21. The number of thiazole rings is 1. The molecule has 0 N–H and O–H groups in total. The lowest BCUT2D eigenvalue weighted by atomic mass is 10.2. The molecule has 0 aliphatic carbocycles. The van der Waals surface area contributed by atoms with Gasteiger partial charge < -0.3 is 4.42 Å². The summed E-state index contributed by atoms with van der Waals surface area (Å²) in [6.07, 6.45) is 1.54. The van der Waals surface area contributed by atoms with Gasteiger partial charge in [-0.25, -0.2) is 4.98 Å². The molecule has 1 fully saturated rings. The number of furan rings is 1. The second-order valence-electron chi connectivity index (χ2n) is 6.46. The Kier molecular flexibility index (Phi) is 5.24. The Balaban J connectivity index is 1.28. The largest absolute Gasteiger partial charge is 0.461 e. The van der Waals surface area contributed by atoms with Gasteiger partial charge in [-0.2, -0.15) is 0 Å². The summed E-state index contributed by atoms with van der Waals surface area (Å²) in [6, 6.07) is 13.8. The second-order valence-corrected chi connectivity index (χ2v) is 7.32. The molecule has 0 bridgehead atoms. The number of carbonyl (C=O) groups excluding carboxylic acids is 1. The van der Waals surface area contributed by atoms with E-state index in [1.165, 1.54) is 5.56 Å². The Morgan fingerprint density at radius 1 is 1.04 bits per heavy atom. The Labute approximate surface area is 156 Å². The molecule has 134 valence electrons. The van der Waals surface area contributed by atoms with E-state index in [1.54, 1.807) is 29.7 Å². The van der Waals surface area contributed by atoms with Crippen LogP contribution in [0.5, 0.6) is 0 Å². The average Bonchev–Trinajstić information content (AvgIpc) is 3.36. The minimum Gasteiger partial charge on any atom is -0.461 e. The number of hydrogen-bond donors (Lipinski definition) is 0. The zero-order valence-electron chi connectivity index (χ0n) is 14.5. The van der Waals surface area contributed by atoms with Crippen LogP contribution in [0.15, 0.2) is 58.5 Å². The molecule has 1 saturated heterocycles. The van der Waals surface area contributed by atoms with Crippen molar-refractivity contribution in [3.05, 3.63) is 65.6 Å². The van der Waals surface area contributed by atoms with Crippen LogP contribution in [0.25, 0.3) is 10.6 Å². The molecule has 0 spiro atoms. The van der Waals surface area contributed by atoms with Crippen LogP contribution < -0.4 is 0 Å². The van der Waals surface area contributed by atoms with Crippen LogP contribution in [-0.4, -0.2) is 53.3 Å². The van der Waals surface area contributed by atoms with Gasteiger partial charge in [-0.15, -0.1) is 11.3 Å². The lowest BCUT2D eigenvalue weighted by Gasteiger charge is -2.33. The lowest BCUT2D eigenvalue weighted by Crippen LogP contribution is -2.47. The van der Waals surface area contributed by atoms with E-state index in [-0.39, 0.29) is 5.78 Å². The normalized spacial score (nSPS) is 16.0. The second kappa shape index (κ2) is 7.95. The summed E-state index contributed by atoms with van der Waals surface area (Å²) in [5, 5.41) is 3.22. The molecule has 0 atom stereocenters. The Morgan fingerprint density at radius 3 is 2.54 bits per heavy atom.